The Balaban J connectivity index is 1.60. The molecule has 1 heterocycles. The van der Waals surface area contributed by atoms with Gasteiger partial charge in [-0.05, 0) is 17.9 Å². The molecular formula is C23H30N3O5P. The predicted octanol–water partition coefficient (Wildman–Crippen LogP) is 3.54. The Hall–Kier alpha value is -2.51. The number of rotatable bonds is 11. The van der Waals surface area contributed by atoms with Crippen LogP contribution in [0, 0.1) is 5.92 Å². The Bertz CT molecular complexity index is 935. The summed E-state index contributed by atoms with van der Waals surface area (Å²) in [6.45, 7) is 5.03. The maximum atomic E-state index is 11.5. The lowest BCUT2D eigenvalue weighted by atomic mass is 10.1. The monoisotopic (exact) mass is 459 g/mol. The van der Waals surface area contributed by atoms with Crippen LogP contribution >= 0.6 is 8.53 Å². The average Bonchev–Trinajstić information content (AvgIpc) is 3.18. The summed E-state index contributed by atoms with van der Waals surface area (Å²) in [5.41, 5.74) is 0. The van der Waals surface area contributed by atoms with E-state index in [4.69, 9.17) is 13.8 Å². The van der Waals surface area contributed by atoms with Gasteiger partial charge in [-0.2, -0.15) is 0 Å². The molecular weight excluding hydrogens is 429 g/mol. The maximum Gasteiger partial charge on any atom is 0.318 e. The van der Waals surface area contributed by atoms with E-state index in [-0.39, 0.29) is 17.9 Å². The topological polar surface area (TPSA) is 89.1 Å². The van der Waals surface area contributed by atoms with Crippen molar-refractivity contribution in [2.24, 2.45) is 5.92 Å². The molecule has 1 aliphatic rings. The SMILES string of the molecule is CCNP(OCC1CC(C)C(N(C=O)/C=C\C(=O)NC)O1)Oc1cccc2ccccc12. The summed E-state index contributed by atoms with van der Waals surface area (Å²) in [5.74, 6) is 0.567. The first-order valence-corrected chi connectivity index (χ1v) is 11.8. The van der Waals surface area contributed by atoms with Crippen LogP contribution in [-0.2, 0) is 18.8 Å². The van der Waals surface area contributed by atoms with Gasteiger partial charge in [0, 0.05) is 37.2 Å². The fourth-order valence-corrected chi connectivity index (χ4v) is 4.66. The molecule has 1 fully saturated rings. The first-order valence-electron chi connectivity index (χ1n) is 10.7. The summed E-state index contributed by atoms with van der Waals surface area (Å²) in [6.07, 6.45) is 3.49. The van der Waals surface area contributed by atoms with Crippen molar-refractivity contribution in [1.29, 1.82) is 0 Å². The number of likely N-dealkylation sites (N-methyl/N-ethyl adjacent to an activating group) is 1. The number of carbonyl (C=O) groups excluding carboxylic acids is 2. The second kappa shape index (κ2) is 11.9. The minimum Gasteiger partial charge on any atom is -0.435 e. The van der Waals surface area contributed by atoms with Crippen molar-refractivity contribution in [1.82, 2.24) is 15.3 Å². The number of ether oxygens (including phenoxy) is 1. The van der Waals surface area contributed by atoms with Gasteiger partial charge < -0.3 is 19.1 Å². The minimum atomic E-state index is -1.37. The molecule has 2 aromatic carbocycles. The smallest absolute Gasteiger partial charge is 0.318 e. The molecule has 4 atom stereocenters. The lowest BCUT2D eigenvalue weighted by molar-refractivity contribution is -0.129. The predicted molar refractivity (Wildman–Crippen MR) is 125 cm³/mol. The molecule has 2 amide bonds. The van der Waals surface area contributed by atoms with E-state index in [0.29, 0.717) is 19.6 Å². The number of benzene rings is 2. The van der Waals surface area contributed by atoms with Crippen molar-refractivity contribution in [2.75, 3.05) is 20.2 Å². The van der Waals surface area contributed by atoms with E-state index in [2.05, 4.69) is 10.4 Å². The molecule has 0 spiro atoms. The third-order valence-corrected chi connectivity index (χ3v) is 6.43. The Kier molecular flexibility index (Phi) is 9.00. The second-order valence-corrected chi connectivity index (χ2v) is 8.75. The molecule has 8 nitrogen and oxygen atoms in total. The highest BCUT2D eigenvalue weighted by Gasteiger charge is 2.36. The molecule has 2 N–H and O–H groups in total. The fraction of sp³-hybridized carbons (Fsp3) is 0.391. The Morgan fingerprint density at radius 2 is 2.06 bits per heavy atom. The first kappa shape index (κ1) is 24.1. The van der Waals surface area contributed by atoms with Crippen molar-refractivity contribution in [3.8, 4) is 5.75 Å². The minimum absolute atomic E-state index is 0.0903. The van der Waals surface area contributed by atoms with Crippen molar-refractivity contribution in [2.45, 2.75) is 32.6 Å². The zero-order valence-corrected chi connectivity index (χ0v) is 19.5. The molecule has 2 aromatic rings. The van der Waals surface area contributed by atoms with Crippen LogP contribution in [0.25, 0.3) is 10.8 Å². The molecule has 3 rings (SSSR count). The van der Waals surface area contributed by atoms with Gasteiger partial charge in [0.25, 0.3) is 0 Å². The summed E-state index contributed by atoms with van der Waals surface area (Å²) in [4.78, 5) is 24.3. The summed E-state index contributed by atoms with van der Waals surface area (Å²) < 4.78 is 18.3. The largest absolute Gasteiger partial charge is 0.435 e. The Morgan fingerprint density at radius 1 is 1.28 bits per heavy atom. The Morgan fingerprint density at radius 3 is 2.81 bits per heavy atom. The van der Waals surface area contributed by atoms with E-state index in [1.807, 2.05) is 56.3 Å². The Labute approximate surface area is 189 Å². The van der Waals surface area contributed by atoms with Gasteiger partial charge in [0.15, 0.2) is 0 Å². The lowest BCUT2D eigenvalue weighted by Gasteiger charge is -2.24. The molecule has 0 bridgehead atoms. The highest BCUT2D eigenvalue weighted by molar-refractivity contribution is 7.45. The summed E-state index contributed by atoms with van der Waals surface area (Å²) in [5, 5.41) is 7.87. The zero-order chi connectivity index (χ0) is 22.9. The normalized spacial score (nSPS) is 21.5. The summed E-state index contributed by atoms with van der Waals surface area (Å²) >= 11 is 0. The number of amides is 2. The van der Waals surface area contributed by atoms with Crippen molar-refractivity contribution in [3.05, 3.63) is 54.7 Å². The van der Waals surface area contributed by atoms with Gasteiger partial charge in [-0.3, -0.25) is 14.5 Å². The lowest BCUT2D eigenvalue weighted by Crippen LogP contribution is -2.34. The van der Waals surface area contributed by atoms with Crippen LogP contribution in [0.3, 0.4) is 0 Å². The van der Waals surface area contributed by atoms with Crippen LogP contribution in [0.15, 0.2) is 54.7 Å². The van der Waals surface area contributed by atoms with Crippen LogP contribution in [0.5, 0.6) is 5.75 Å². The van der Waals surface area contributed by atoms with Gasteiger partial charge in [0.2, 0.25) is 12.3 Å². The molecule has 172 valence electrons. The van der Waals surface area contributed by atoms with E-state index in [0.717, 1.165) is 22.9 Å². The molecule has 9 heteroatoms. The molecule has 0 saturated carbocycles. The first-order chi connectivity index (χ1) is 15.5. The zero-order valence-electron chi connectivity index (χ0n) is 18.6. The third kappa shape index (κ3) is 6.26. The highest BCUT2D eigenvalue weighted by Crippen LogP contribution is 2.40. The molecule has 32 heavy (non-hydrogen) atoms. The van der Waals surface area contributed by atoms with Gasteiger partial charge in [0.1, 0.15) is 12.0 Å². The van der Waals surface area contributed by atoms with Crippen LogP contribution < -0.4 is 14.9 Å². The summed E-state index contributed by atoms with van der Waals surface area (Å²) in [6, 6.07) is 14.0. The second-order valence-electron chi connectivity index (χ2n) is 7.48. The standard InChI is InChI=1S/C23H30N3O5P/c1-4-25-32(31-21-11-7-9-18-8-5-6-10-20(18)21)29-15-19-14-17(2)23(30-19)26(16-27)13-12-22(28)24-3/h5-13,16-17,19,23,25H,4,14-15H2,1-3H3,(H,24,28)/b13-12-. The van der Waals surface area contributed by atoms with E-state index in [1.165, 1.54) is 24.2 Å². The third-order valence-electron chi connectivity index (χ3n) is 5.11. The summed E-state index contributed by atoms with van der Waals surface area (Å²) in [7, 11) is 0.159. The molecule has 1 saturated heterocycles. The average molecular weight is 459 g/mol. The van der Waals surface area contributed by atoms with Crippen LogP contribution in [0.2, 0.25) is 0 Å². The molecule has 0 aliphatic carbocycles. The van der Waals surface area contributed by atoms with Gasteiger partial charge in [0.05, 0.1) is 12.7 Å². The molecule has 0 radical (unpaired) electrons. The van der Waals surface area contributed by atoms with E-state index in [1.54, 1.807) is 0 Å². The van der Waals surface area contributed by atoms with Crippen molar-refractivity contribution < 1.29 is 23.4 Å². The van der Waals surface area contributed by atoms with Crippen LogP contribution in [0.4, 0.5) is 0 Å². The van der Waals surface area contributed by atoms with Gasteiger partial charge in [-0.15, -0.1) is 0 Å². The van der Waals surface area contributed by atoms with Crippen molar-refractivity contribution >= 4 is 31.6 Å². The quantitative estimate of drug-likeness (QED) is 0.304. The number of carbonyl (C=O) groups is 2. The molecule has 0 aromatic heterocycles. The number of hydrogen-bond donors (Lipinski definition) is 2. The number of nitrogens with zero attached hydrogens (tertiary/aromatic N) is 1. The van der Waals surface area contributed by atoms with Gasteiger partial charge in [-0.1, -0.05) is 50.2 Å². The highest BCUT2D eigenvalue weighted by atomic mass is 31.2. The maximum absolute atomic E-state index is 11.5. The van der Waals surface area contributed by atoms with Crippen LogP contribution in [-0.4, -0.2) is 49.7 Å². The number of fused-ring (bicyclic) bond motifs is 1. The van der Waals surface area contributed by atoms with Crippen molar-refractivity contribution in [3.63, 3.8) is 0 Å². The van der Waals surface area contributed by atoms with E-state index in [9.17, 15) is 9.59 Å². The number of hydrogen-bond acceptors (Lipinski definition) is 6. The van der Waals surface area contributed by atoms with Gasteiger partial charge >= 0.3 is 8.53 Å². The van der Waals surface area contributed by atoms with E-state index >= 15 is 0 Å². The van der Waals surface area contributed by atoms with Crippen LogP contribution in [0.1, 0.15) is 20.3 Å². The van der Waals surface area contributed by atoms with E-state index < -0.39 is 14.8 Å². The fourth-order valence-electron chi connectivity index (χ4n) is 3.56. The van der Waals surface area contributed by atoms with Gasteiger partial charge in [-0.25, -0.2) is 5.09 Å². The number of nitrogens with one attached hydrogen (secondary N) is 2. The molecule has 1 aliphatic heterocycles. The molecule has 4 unspecified atom stereocenters.